The van der Waals surface area contributed by atoms with Crippen molar-refractivity contribution >= 4 is 5.91 Å². The highest BCUT2D eigenvalue weighted by Gasteiger charge is 2.38. The minimum atomic E-state index is 0.0968. The SMILES string of the molecule is O=C(c1cccc(Oc2ccncc2)c1)N1C[C@H]2CNC[C@H]2C1. The van der Waals surface area contributed by atoms with Crippen LogP contribution in [0.3, 0.4) is 0 Å². The van der Waals surface area contributed by atoms with E-state index in [1.165, 1.54) is 0 Å². The first kappa shape index (κ1) is 14.2. The summed E-state index contributed by atoms with van der Waals surface area (Å²) in [5.41, 5.74) is 0.685. The molecule has 1 aromatic carbocycles. The van der Waals surface area contributed by atoms with Crippen LogP contribution in [0.1, 0.15) is 10.4 Å². The molecule has 118 valence electrons. The molecule has 0 saturated carbocycles. The molecule has 1 N–H and O–H groups in total. The maximum atomic E-state index is 12.7. The Morgan fingerprint density at radius 1 is 1.09 bits per heavy atom. The number of amides is 1. The summed E-state index contributed by atoms with van der Waals surface area (Å²) in [5, 5.41) is 3.40. The Kier molecular flexibility index (Phi) is 3.71. The van der Waals surface area contributed by atoms with Gasteiger partial charge in [-0.05, 0) is 42.2 Å². The average molecular weight is 309 g/mol. The summed E-state index contributed by atoms with van der Waals surface area (Å²) in [6.45, 7) is 3.76. The minimum Gasteiger partial charge on any atom is -0.457 e. The molecule has 1 amide bonds. The van der Waals surface area contributed by atoms with Gasteiger partial charge in [-0.25, -0.2) is 0 Å². The van der Waals surface area contributed by atoms with Gasteiger partial charge in [0.1, 0.15) is 11.5 Å². The van der Waals surface area contributed by atoms with Gasteiger partial charge in [0.25, 0.3) is 5.91 Å². The van der Waals surface area contributed by atoms with Crippen LogP contribution in [0.4, 0.5) is 0 Å². The molecule has 2 atom stereocenters. The number of carbonyl (C=O) groups is 1. The third-order valence-electron chi connectivity index (χ3n) is 4.64. The monoisotopic (exact) mass is 309 g/mol. The Hall–Kier alpha value is -2.40. The number of pyridine rings is 1. The van der Waals surface area contributed by atoms with Crippen molar-refractivity contribution in [2.24, 2.45) is 11.8 Å². The van der Waals surface area contributed by atoms with Crippen LogP contribution in [0, 0.1) is 11.8 Å². The van der Waals surface area contributed by atoms with Gasteiger partial charge < -0.3 is 15.0 Å². The Morgan fingerprint density at radius 2 is 1.83 bits per heavy atom. The van der Waals surface area contributed by atoms with Crippen molar-refractivity contribution in [1.29, 1.82) is 0 Å². The van der Waals surface area contributed by atoms with Gasteiger partial charge in [-0.3, -0.25) is 9.78 Å². The summed E-state index contributed by atoms with van der Waals surface area (Å²) in [7, 11) is 0. The zero-order chi connectivity index (χ0) is 15.6. The number of ether oxygens (including phenoxy) is 1. The third kappa shape index (κ3) is 2.92. The van der Waals surface area contributed by atoms with E-state index in [1.54, 1.807) is 24.5 Å². The number of likely N-dealkylation sites (tertiary alicyclic amines) is 1. The highest BCUT2D eigenvalue weighted by molar-refractivity contribution is 5.94. The molecule has 1 aromatic heterocycles. The second-order valence-corrected chi connectivity index (χ2v) is 6.20. The lowest BCUT2D eigenvalue weighted by molar-refractivity contribution is 0.0781. The normalized spacial score (nSPS) is 22.9. The van der Waals surface area contributed by atoms with Crippen molar-refractivity contribution in [2.75, 3.05) is 26.2 Å². The molecule has 2 fully saturated rings. The van der Waals surface area contributed by atoms with Crippen LogP contribution in [-0.2, 0) is 0 Å². The highest BCUT2D eigenvalue weighted by Crippen LogP contribution is 2.28. The molecule has 0 spiro atoms. The number of carbonyl (C=O) groups excluding carboxylic acids is 1. The van der Waals surface area contributed by atoms with E-state index in [0.29, 0.717) is 28.9 Å². The van der Waals surface area contributed by atoms with E-state index in [9.17, 15) is 4.79 Å². The molecule has 23 heavy (non-hydrogen) atoms. The van der Waals surface area contributed by atoms with Gasteiger partial charge in [-0.15, -0.1) is 0 Å². The zero-order valence-electron chi connectivity index (χ0n) is 12.8. The Labute approximate surface area is 135 Å². The summed E-state index contributed by atoms with van der Waals surface area (Å²) in [5.74, 6) is 2.69. The average Bonchev–Trinajstić information content (AvgIpc) is 3.17. The topological polar surface area (TPSA) is 54.5 Å². The van der Waals surface area contributed by atoms with Crippen LogP contribution in [0.2, 0.25) is 0 Å². The highest BCUT2D eigenvalue weighted by atomic mass is 16.5. The smallest absolute Gasteiger partial charge is 0.254 e. The fraction of sp³-hybridized carbons (Fsp3) is 0.333. The minimum absolute atomic E-state index is 0.0968. The molecular weight excluding hydrogens is 290 g/mol. The van der Waals surface area contributed by atoms with Crippen LogP contribution in [-0.4, -0.2) is 42.0 Å². The summed E-state index contributed by atoms with van der Waals surface area (Å²) in [6.07, 6.45) is 3.36. The fourth-order valence-electron chi connectivity index (χ4n) is 3.44. The van der Waals surface area contributed by atoms with Crippen molar-refractivity contribution < 1.29 is 9.53 Å². The number of hydrogen-bond acceptors (Lipinski definition) is 4. The van der Waals surface area contributed by atoms with Gasteiger partial charge in [-0.2, -0.15) is 0 Å². The van der Waals surface area contributed by atoms with E-state index in [2.05, 4.69) is 10.3 Å². The molecule has 5 heteroatoms. The molecular formula is C18H19N3O2. The summed E-state index contributed by atoms with van der Waals surface area (Å²) in [6, 6.07) is 11.0. The van der Waals surface area contributed by atoms with Gasteiger partial charge in [0.2, 0.25) is 0 Å². The van der Waals surface area contributed by atoms with E-state index >= 15 is 0 Å². The Balaban J connectivity index is 1.49. The Bertz CT molecular complexity index is 692. The molecule has 3 heterocycles. The molecule has 0 unspecified atom stereocenters. The number of nitrogens with one attached hydrogen (secondary N) is 1. The van der Waals surface area contributed by atoms with E-state index in [1.807, 2.05) is 29.2 Å². The molecule has 0 aliphatic carbocycles. The van der Waals surface area contributed by atoms with Gasteiger partial charge in [0, 0.05) is 44.1 Å². The maximum Gasteiger partial charge on any atom is 0.254 e. The van der Waals surface area contributed by atoms with Crippen LogP contribution in [0.5, 0.6) is 11.5 Å². The van der Waals surface area contributed by atoms with Gasteiger partial charge in [-0.1, -0.05) is 6.07 Å². The molecule has 2 saturated heterocycles. The van der Waals surface area contributed by atoms with E-state index in [0.717, 1.165) is 26.2 Å². The van der Waals surface area contributed by atoms with Crippen LogP contribution in [0.15, 0.2) is 48.8 Å². The van der Waals surface area contributed by atoms with E-state index < -0.39 is 0 Å². The largest absolute Gasteiger partial charge is 0.457 e. The van der Waals surface area contributed by atoms with E-state index in [-0.39, 0.29) is 5.91 Å². The van der Waals surface area contributed by atoms with Crippen molar-refractivity contribution in [3.05, 3.63) is 54.4 Å². The van der Waals surface area contributed by atoms with Crippen LogP contribution >= 0.6 is 0 Å². The molecule has 0 radical (unpaired) electrons. The molecule has 2 aliphatic rings. The first-order valence-corrected chi connectivity index (χ1v) is 7.97. The third-order valence-corrected chi connectivity index (χ3v) is 4.64. The van der Waals surface area contributed by atoms with Crippen molar-refractivity contribution in [3.63, 3.8) is 0 Å². The summed E-state index contributed by atoms with van der Waals surface area (Å²) < 4.78 is 5.79. The zero-order valence-corrected chi connectivity index (χ0v) is 12.8. The number of benzene rings is 1. The van der Waals surface area contributed by atoms with Gasteiger partial charge in [0.15, 0.2) is 0 Å². The molecule has 0 bridgehead atoms. The first-order chi connectivity index (χ1) is 11.3. The number of aromatic nitrogens is 1. The van der Waals surface area contributed by atoms with Crippen LogP contribution in [0.25, 0.3) is 0 Å². The summed E-state index contributed by atoms with van der Waals surface area (Å²) in [4.78, 5) is 18.7. The molecule has 5 nitrogen and oxygen atoms in total. The lowest BCUT2D eigenvalue weighted by Crippen LogP contribution is -2.31. The lowest BCUT2D eigenvalue weighted by Gasteiger charge is -2.18. The van der Waals surface area contributed by atoms with E-state index in [4.69, 9.17) is 4.74 Å². The van der Waals surface area contributed by atoms with Crippen molar-refractivity contribution in [2.45, 2.75) is 0 Å². The number of rotatable bonds is 3. The maximum absolute atomic E-state index is 12.7. The lowest BCUT2D eigenvalue weighted by atomic mass is 10.0. The van der Waals surface area contributed by atoms with Crippen LogP contribution < -0.4 is 10.1 Å². The standard InChI is InChI=1S/C18H19N3O2/c22-18(21-11-14-9-20-10-15(14)12-21)13-2-1-3-17(8-13)23-16-4-6-19-7-5-16/h1-8,14-15,20H,9-12H2/t14-,15+. The predicted molar refractivity (Wildman–Crippen MR) is 86.5 cm³/mol. The van der Waals surface area contributed by atoms with Gasteiger partial charge >= 0.3 is 0 Å². The second-order valence-electron chi connectivity index (χ2n) is 6.20. The van der Waals surface area contributed by atoms with Crippen molar-refractivity contribution in [3.8, 4) is 11.5 Å². The first-order valence-electron chi connectivity index (χ1n) is 7.97. The molecule has 4 rings (SSSR count). The Morgan fingerprint density at radius 3 is 2.57 bits per heavy atom. The number of hydrogen-bond donors (Lipinski definition) is 1. The fourth-order valence-corrected chi connectivity index (χ4v) is 3.44. The molecule has 2 aliphatic heterocycles. The predicted octanol–water partition coefficient (Wildman–Crippen LogP) is 2.17. The molecule has 2 aromatic rings. The quantitative estimate of drug-likeness (QED) is 0.944. The number of nitrogens with zero attached hydrogens (tertiary/aromatic N) is 2. The van der Waals surface area contributed by atoms with Crippen molar-refractivity contribution in [1.82, 2.24) is 15.2 Å². The summed E-state index contributed by atoms with van der Waals surface area (Å²) >= 11 is 0. The second kappa shape index (κ2) is 6.01. The number of fused-ring (bicyclic) bond motifs is 1. The van der Waals surface area contributed by atoms with Gasteiger partial charge in [0.05, 0.1) is 0 Å².